The first-order valence-corrected chi connectivity index (χ1v) is 21.3. The maximum Gasteiger partial charge on any atom is 0.0464 e. The first-order valence-electron chi connectivity index (χ1n) is 21.3. The van der Waals surface area contributed by atoms with Crippen molar-refractivity contribution in [2.75, 3.05) is 19.6 Å². The van der Waals surface area contributed by atoms with Crippen LogP contribution in [0.15, 0.2) is 248 Å². The van der Waals surface area contributed by atoms with Crippen molar-refractivity contribution in [2.24, 2.45) is 0 Å². The summed E-state index contributed by atoms with van der Waals surface area (Å²) in [5.74, 6) is 0. The number of nitrogens with zero attached hydrogens (tertiary/aromatic N) is 4. The number of allylic oxidation sites excluding steroid dienone is 5. The minimum absolute atomic E-state index is 0.919. The first-order chi connectivity index (χ1) is 30.5. The van der Waals surface area contributed by atoms with Crippen LogP contribution >= 0.6 is 0 Å². The third kappa shape index (κ3) is 8.72. The molecule has 0 aromatic heterocycles. The summed E-state index contributed by atoms with van der Waals surface area (Å²) in [4.78, 5) is 9.32. The van der Waals surface area contributed by atoms with Gasteiger partial charge in [-0.3, -0.25) is 0 Å². The van der Waals surface area contributed by atoms with Crippen LogP contribution in [0.1, 0.15) is 24.5 Å². The molecule has 62 heavy (non-hydrogen) atoms. The van der Waals surface area contributed by atoms with Crippen LogP contribution in [-0.4, -0.2) is 0 Å². The summed E-state index contributed by atoms with van der Waals surface area (Å²) in [7, 11) is 0. The summed E-state index contributed by atoms with van der Waals surface area (Å²) in [5.41, 5.74) is 16.8. The highest BCUT2D eigenvalue weighted by molar-refractivity contribution is 5.84. The minimum Gasteiger partial charge on any atom is -0.311 e. The van der Waals surface area contributed by atoms with Gasteiger partial charge in [0.05, 0.1) is 0 Å². The summed E-state index contributed by atoms with van der Waals surface area (Å²) < 4.78 is 0. The van der Waals surface area contributed by atoms with E-state index in [2.05, 4.69) is 277 Å². The Bertz CT molecular complexity index is 2690. The van der Waals surface area contributed by atoms with E-state index < -0.39 is 0 Å². The van der Waals surface area contributed by atoms with Crippen LogP contribution < -0.4 is 19.6 Å². The number of anilines is 11. The molecule has 0 radical (unpaired) electrons. The number of aryl methyl sites for hydroxylation is 2. The Hall–Kier alpha value is -7.82. The molecule has 0 unspecified atom stereocenters. The molecule has 0 saturated carbocycles. The molecule has 0 spiro atoms. The molecule has 4 heteroatoms. The number of benzene rings is 8. The van der Waals surface area contributed by atoms with Crippen molar-refractivity contribution >= 4 is 62.6 Å². The van der Waals surface area contributed by atoms with Crippen molar-refractivity contribution < 1.29 is 0 Å². The molecule has 302 valence electrons. The van der Waals surface area contributed by atoms with E-state index in [4.69, 9.17) is 0 Å². The second-order valence-electron chi connectivity index (χ2n) is 15.7. The van der Waals surface area contributed by atoms with Crippen molar-refractivity contribution in [3.63, 3.8) is 0 Å². The van der Waals surface area contributed by atoms with E-state index in [-0.39, 0.29) is 0 Å². The SMILES string of the molecule is CC1=CCC=CC(N(c2ccccc2)c2ccc(N(c3ccc(N(c4ccccc4)c4cccc(C)c4)cc3)c3ccc(N(c4ccccc4)c4cccc(C)c4)cc3)cc2)=C1. The second-order valence-corrected chi connectivity index (χ2v) is 15.7. The highest BCUT2D eigenvalue weighted by Crippen LogP contribution is 2.42. The maximum absolute atomic E-state index is 2.35. The smallest absolute Gasteiger partial charge is 0.0464 e. The summed E-state index contributed by atoms with van der Waals surface area (Å²) >= 11 is 0. The molecule has 4 nitrogen and oxygen atoms in total. The fourth-order valence-electron chi connectivity index (χ4n) is 8.23. The number of hydrogen-bond acceptors (Lipinski definition) is 4. The molecule has 9 rings (SSSR count). The quantitative estimate of drug-likeness (QED) is 0.122. The molecular formula is C58H50N4. The zero-order valence-electron chi connectivity index (χ0n) is 35.5. The molecule has 0 bridgehead atoms. The van der Waals surface area contributed by atoms with E-state index in [1.54, 1.807) is 0 Å². The van der Waals surface area contributed by atoms with Gasteiger partial charge >= 0.3 is 0 Å². The van der Waals surface area contributed by atoms with Crippen LogP contribution in [0.2, 0.25) is 0 Å². The number of hydrogen-bond donors (Lipinski definition) is 0. The van der Waals surface area contributed by atoms with Crippen LogP contribution in [0.5, 0.6) is 0 Å². The molecule has 0 aliphatic heterocycles. The lowest BCUT2D eigenvalue weighted by atomic mass is 10.1. The zero-order valence-corrected chi connectivity index (χ0v) is 35.5. The number of rotatable bonds is 12. The Morgan fingerprint density at radius 2 is 0.613 bits per heavy atom. The number of para-hydroxylation sites is 3. The Labute approximate surface area is 366 Å². The van der Waals surface area contributed by atoms with Crippen molar-refractivity contribution in [3.05, 3.63) is 259 Å². The monoisotopic (exact) mass is 802 g/mol. The molecule has 1 aliphatic rings. The van der Waals surface area contributed by atoms with Gasteiger partial charge in [0.2, 0.25) is 0 Å². The van der Waals surface area contributed by atoms with Gasteiger partial charge in [-0.2, -0.15) is 0 Å². The van der Waals surface area contributed by atoms with E-state index in [9.17, 15) is 0 Å². The van der Waals surface area contributed by atoms with Crippen molar-refractivity contribution in [2.45, 2.75) is 27.2 Å². The summed E-state index contributed by atoms with van der Waals surface area (Å²) in [6, 6.07) is 76.0. The largest absolute Gasteiger partial charge is 0.311 e. The van der Waals surface area contributed by atoms with Crippen LogP contribution in [0, 0.1) is 13.8 Å². The molecular weight excluding hydrogens is 753 g/mol. The van der Waals surface area contributed by atoms with E-state index in [0.717, 1.165) is 74.7 Å². The van der Waals surface area contributed by atoms with E-state index in [0.29, 0.717) is 0 Å². The van der Waals surface area contributed by atoms with Gasteiger partial charge in [0.15, 0.2) is 0 Å². The lowest BCUT2D eigenvalue weighted by molar-refractivity contribution is 1.19. The van der Waals surface area contributed by atoms with Crippen molar-refractivity contribution in [1.29, 1.82) is 0 Å². The van der Waals surface area contributed by atoms with Gasteiger partial charge in [-0.15, -0.1) is 0 Å². The molecule has 8 aromatic rings. The zero-order chi connectivity index (χ0) is 42.3. The van der Waals surface area contributed by atoms with Crippen molar-refractivity contribution in [3.8, 4) is 0 Å². The van der Waals surface area contributed by atoms with E-state index in [1.165, 1.54) is 16.7 Å². The highest BCUT2D eigenvalue weighted by Gasteiger charge is 2.20. The predicted octanol–water partition coefficient (Wildman–Crippen LogP) is 16.6. The van der Waals surface area contributed by atoms with E-state index >= 15 is 0 Å². The minimum atomic E-state index is 0.919. The van der Waals surface area contributed by atoms with Gasteiger partial charge in [-0.05, 0) is 184 Å². The van der Waals surface area contributed by atoms with Gasteiger partial charge in [-0.25, -0.2) is 0 Å². The molecule has 8 aromatic carbocycles. The standard InChI is InChI=1S/C58H50N4/c1-44-17-13-14-26-56(41-44)60(47-20-7-4-8-21-47)53-35-29-50(30-36-53)59(51-31-37-54(38-32-51)61(48-22-9-5-10-23-48)57-27-15-18-45(2)42-57)52-33-39-55(40-34-52)62(49-24-11-6-12-25-49)58-28-16-19-46(3)43-58/h4-12,14-43H,13H2,1-3H3. The first kappa shape index (κ1) is 39.6. The average Bonchev–Trinajstić information content (AvgIpc) is 3.53. The van der Waals surface area contributed by atoms with Crippen LogP contribution in [-0.2, 0) is 0 Å². The molecule has 1 aliphatic carbocycles. The summed E-state index contributed by atoms with van der Waals surface area (Å²) in [6.45, 7) is 6.46. The topological polar surface area (TPSA) is 13.0 Å². The van der Waals surface area contributed by atoms with Crippen LogP contribution in [0.25, 0.3) is 0 Å². The molecule has 0 saturated heterocycles. The third-order valence-corrected chi connectivity index (χ3v) is 11.2. The van der Waals surface area contributed by atoms with E-state index in [1.807, 2.05) is 0 Å². The maximum atomic E-state index is 2.35. The predicted molar refractivity (Wildman–Crippen MR) is 264 cm³/mol. The Balaban J connectivity index is 1.14. The summed E-state index contributed by atoms with van der Waals surface area (Å²) in [5, 5.41) is 0. The fraction of sp³-hybridized carbons (Fsp3) is 0.0690. The van der Waals surface area contributed by atoms with Gasteiger partial charge in [0.1, 0.15) is 0 Å². The lowest BCUT2D eigenvalue weighted by Crippen LogP contribution is -2.16. The van der Waals surface area contributed by atoms with Crippen LogP contribution in [0.3, 0.4) is 0 Å². The molecule has 0 heterocycles. The van der Waals surface area contributed by atoms with Crippen LogP contribution in [0.4, 0.5) is 62.6 Å². The average molecular weight is 803 g/mol. The van der Waals surface area contributed by atoms with Gasteiger partial charge in [-0.1, -0.05) is 96.6 Å². The van der Waals surface area contributed by atoms with Gasteiger partial charge in [0.25, 0.3) is 0 Å². The second kappa shape index (κ2) is 18.2. The molecule has 0 N–H and O–H groups in total. The van der Waals surface area contributed by atoms with Gasteiger partial charge in [0, 0.05) is 68.3 Å². The summed E-state index contributed by atoms with van der Waals surface area (Å²) in [6.07, 6.45) is 9.92. The molecule has 0 amide bonds. The highest BCUT2D eigenvalue weighted by atomic mass is 15.2. The van der Waals surface area contributed by atoms with Crippen molar-refractivity contribution in [1.82, 2.24) is 0 Å². The lowest BCUT2D eigenvalue weighted by Gasteiger charge is -2.30. The van der Waals surface area contributed by atoms with Gasteiger partial charge < -0.3 is 19.6 Å². The molecule has 0 fully saturated rings. The Kier molecular flexibility index (Phi) is 11.6. The Morgan fingerprint density at radius 1 is 0.306 bits per heavy atom. The fourth-order valence-corrected chi connectivity index (χ4v) is 8.23. The normalized spacial score (nSPS) is 12.2. The molecule has 0 atom stereocenters. The Morgan fingerprint density at radius 3 is 0.984 bits per heavy atom. The third-order valence-electron chi connectivity index (χ3n) is 11.2.